The lowest BCUT2D eigenvalue weighted by molar-refractivity contribution is -0.126. The van der Waals surface area contributed by atoms with Crippen LogP contribution in [0.2, 0.25) is 5.02 Å². The summed E-state index contributed by atoms with van der Waals surface area (Å²) in [5.41, 5.74) is 2.09. The Labute approximate surface area is 158 Å². The van der Waals surface area contributed by atoms with Gasteiger partial charge < -0.3 is 14.4 Å². The lowest BCUT2D eigenvalue weighted by atomic mass is 10.0. The average Bonchev–Trinajstić information content (AvgIpc) is 3.30. The number of carbonyl (C=O) groups is 1. The van der Waals surface area contributed by atoms with Gasteiger partial charge in [-0.1, -0.05) is 41.9 Å². The molecule has 0 saturated carbocycles. The molecule has 4 rings (SSSR count). The molecule has 1 atom stereocenters. The largest absolute Gasteiger partial charge is 0.454 e. The number of benzene rings is 2. The van der Waals surface area contributed by atoms with E-state index in [0.717, 1.165) is 31.4 Å². The molecule has 134 valence electrons. The molecule has 0 radical (unpaired) electrons. The molecule has 2 aliphatic heterocycles. The van der Waals surface area contributed by atoms with Gasteiger partial charge in [-0.25, -0.2) is 0 Å². The van der Waals surface area contributed by atoms with Crippen LogP contribution in [0.3, 0.4) is 0 Å². The summed E-state index contributed by atoms with van der Waals surface area (Å²) in [6.07, 6.45) is 6.40. The summed E-state index contributed by atoms with van der Waals surface area (Å²) >= 11 is 6.20. The molecule has 1 saturated heterocycles. The molecule has 0 aromatic heterocycles. The highest BCUT2D eigenvalue weighted by molar-refractivity contribution is 6.32. The van der Waals surface area contributed by atoms with Crippen LogP contribution in [0.1, 0.15) is 24.0 Å². The molecule has 2 heterocycles. The topological polar surface area (TPSA) is 38.8 Å². The van der Waals surface area contributed by atoms with Gasteiger partial charge in [0, 0.05) is 18.7 Å². The summed E-state index contributed by atoms with van der Waals surface area (Å²) in [6.45, 7) is 0.985. The van der Waals surface area contributed by atoms with Gasteiger partial charge >= 0.3 is 0 Å². The molecule has 0 bridgehead atoms. The van der Waals surface area contributed by atoms with Gasteiger partial charge in [-0.2, -0.15) is 0 Å². The molecule has 2 aromatic rings. The van der Waals surface area contributed by atoms with E-state index in [1.165, 1.54) is 5.56 Å². The predicted molar refractivity (Wildman–Crippen MR) is 101 cm³/mol. The molecule has 26 heavy (non-hydrogen) atoms. The third kappa shape index (κ3) is 3.56. The summed E-state index contributed by atoms with van der Waals surface area (Å²) in [7, 11) is 0. The van der Waals surface area contributed by atoms with Crippen LogP contribution >= 0.6 is 11.6 Å². The molecule has 5 heteroatoms. The Kier molecular flexibility index (Phi) is 4.85. The zero-order valence-electron chi connectivity index (χ0n) is 14.4. The molecular formula is C21H20ClNO3. The first-order valence-electron chi connectivity index (χ1n) is 8.82. The highest BCUT2D eigenvalue weighted by atomic mass is 35.5. The van der Waals surface area contributed by atoms with Crippen molar-refractivity contribution >= 4 is 23.6 Å². The normalized spacial score (nSPS) is 18.7. The molecule has 0 N–H and O–H groups in total. The first kappa shape index (κ1) is 17.0. The van der Waals surface area contributed by atoms with E-state index in [1.807, 2.05) is 29.2 Å². The van der Waals surface area contributed by atoms with Crippen LogP contribution in [0.5, 0.6) is 11.5 Å². The van der Waals surface area contributed by atoms with Gasteiger partial charge in [0.15, 0.2) is 11.5 Å². The van der Waals surface area contributed by atoms with Gasteiger partial charge in [-0.15, -0.1) is 0 Å². The van der Waals surface area contributed by atoms with Gasteiger partial charge in [-0.05, 0) is 48.6 Å². The fourth-order valence-corrected chi connectivity index (χ4v) is 3.84. The molecule has 1 unspecified atom stereocenters. The number of amides is 1. The smallest absolute Gasteiger partial charge is 0.246 e. The number of hydrogen-bond acceptors (Lipinski definition) is 3. The summed E-state index contributed by atoms with van der Waals surface area (Å²) < 4.78 is 10.7. The van der Waals surface area contributed by atoms with E-state index in [4.69, 9.17) is 21.1 Å². The summed E-state index contributed by atoms with van der Waals surface area (Å²) in [6, 6.07) is 14.2. The van der Waals surface area contributed by atoms with Crippen molar-refractivity contribution in [2.75, 3.05) is 13.3 Å². The number of nitrogens with zero attached hydrogens (tertiary/aromatic N) is 1. The van der Waals surface area contributed by atoms with Crippen molar-refractivity contribution < 1.29 is 14.3 Å². The van der Waals surface area contributed by atoms with Crippen LogP contribution < -0.4 is 9.47 Å². The quantitative estimate of drug-likeness (QED) is 0.753. The monoisotopic (exact) mass is 369 g/mol. The number of halogens is 1. The highest BCUT2D eigenvalue weighted by Gasteiger charge is 2.27. The van der Waals surface area contributed by atoms with E-state index >= 15 is 0 Å². The third-order valence-corrected chi connectivity index (χ3v) is 5.12. The third-order valence-electron chi connectivity index (χ3n) is 4.84. The average molecular weight is 370 g/mol. The Morgan fingerprint density at radius 1 is 1.23 bits per heavy atom. The van der Waals surface area contributed by atoms with E-state index in [2.05, 4.69) is 12.1 Å². The van der Waals surface area contributed by atoms with Gasteiger partial charge in [0.25, 0.3) is 0 Å². The van der Waals surface area contributed by atoms with Crippen LogP contribution in [0.15, 0.2) is 48.5 Å². The molecule has 1 fully saturated rings. The van der Waals surface area contributed by atoms with Crippen molar-refractivity contribution in [2.45, 2.75) is 25.3 Å². The first-order valence-corrected chi connectivity index (χ1v) is 9.20. The minimum absolute atomic E-state index is 0.0391. The molecular weight excluding hydrogens is 350 g/mol. The van der Waals surface area contributed by atoms with Crippen LogP contribution in [0.4, 0.5) is 0 Å². The van der Waals surface area contributed by atoms with Gasteiger partial charge in [0.2, 0.25) is 12.7 Å². The summed E-state index contributed by atoms with van der Waals surface area (Å²) in [4.78, 5) is 14.7. The number of hydrogen-bond donors (Lipinski definition) is 0. The Hall–Kier alpha value is -2.46. The maximum atomic E-state index is 12.7. The van der Waals surface area contributed by atoms with Crippen molar-refractivity contribution in [3.63, 3.8) is 0 Å². The van der Waals surface area contributed by atoms with Crippen LogP contribution in [0.25, 0.3) is 6.08 Å². The zero-order valence-corrected chi connectivity index (χ0v) is 15.1. The lowest BCUT2D eigenvalue weighted by Crippen LogP contribution is -2.35. The summed E-state index contributed by atoms with van der Waals surface area (Å²) in [5.74, 6) is 1.22. The number of carbonyl (C=O) groups excluding carboxylic acids is 1. The maximum Gasteiger partial charge on any atom is 0.246 e. The summed E-state index contributed by atoms with van der Waals surface area (Å²) in [5, 5.41) is 0.496. The SMILES string of the molecule is O=C(/C=C/c1cc(Cl)c2c(c1)OCO2)N1CCCC1Cc1ccccc1. The van der Waals surface area contributed by atoms with Crippen molar-refractivity contribution in [1.82, 2.24) is 4.90 Å². The fraction of sp³-hybridized carbons (Fsp3) is 0.286. The van der Waals surface area contributed by atoms with E-state index < -0.39 is 0 Å². The lowest BCUT2D eigenvalue weighted by Gasteiger charge is -2.23. The zero-order chi connectivity index (χ0) is 17.9. The standard InChI is InChI=1S/C21H20ClNO3/c22-18-12-16(13-19-21(18)26-14-25-19)8-9-20(24)23-10-4-7-17(23)11-15-5-2-1-3-6-15/h1-3,5-6,8-9,12-13,17H,4,7,10-11,14H2/b9-8+. The van der Waals surface area contributed by atoms with Crippen molar-refractivity contribution in [1.29, 1.82) is 0 Å². The fourth-order valence-electron chi connectivity index (χ4n) is 3.57. The first-order chi connectivity index (χ1) is 12.7. The minimum atomic E-state index is 0.0391. The molecule has 1 amide bonds. The van der Waals surface area contributed by atoms with E-state index in [9.17, 15) is 4.79 Å². The number of fused-ring (bicyclic) bond motifs is 1. The van der Waals surface area contributed by atoms with Crippen LogP contribution in [-0.2, 0) is 11.2 Å². The predicted octanol–water partition coefficient (Wildman–Crippen LogP) is 4.32. The Morgan fingerprint density at radius 2 is 2.08 bits per heavy atom. The van der Waals surface area contributed by atoms with E-state index in [0.29, 0.717) is 16.5 Å². The van der Waals surface area contributed by atoms with Crippen LogP contribution in [0, 0.1) is 0 Å². The second kappa shape index (κ2) is 7.42. The van der Waals surface area contributed by atoms with E-state index in [-0.39, 0.29) is 18.7 Å². The number of ether oxygens (including phenoxy) is 2. The molecule has 4 nitrogen and oxygen atoms in total. The second-order valence-electron chi connectivity index (χ2n) is 6.59. The Morgan fingerprint density at radius 3 is 2.92 bits per heavy atom. The van der Waals surface area contributed by atoms with Crippen molar-refractivity contribution in [2.24, 2.45) is 0 Å². The Bertz CT molecular complexity index is 835. The molecule has 2 aromatic carbocycles. The van der Waals surface area contributed by atoms with Gasteiger partial charge in [0.05, 0.1) is 5.02 Å². The minimum Gasteiger partial charge on any atom is -0.454 e. The van der Waals surface area contributed by atoms with E-state index in [1.54, 1.807) is 18.2 Å². The maximum absolute atomic E-state index is 12.7. The number of rotatable bonds is 4. The van der Waals surface area contributed by atoms with Crippen molar-refractivity contribution in [3.8, 4) is 11.5 Å². The molecule has 2 aliphatic rings. The molecule has 0 spiro atoms. The van der Waals surface area contributed by atoms with Crippen molar-refractivity contribution in [3.05, 3.63) is 64.7 Å². The molecule has 0 aliphatic carbocycles. The Balaban J connectivity index is 1.45. The second-order valence-corrected chi connectivity index (χ2v) is 6.99. The number of likely N-dealkylation sites (tertiary alicyclic amines) is 1. The van der Waals surface area contributed by atoms with Gasteiger partial charge in [0.1, 0.15) is 0 Å². The highest BCUT2D eigenvalue weighted by Crippen LogP contribution is 2.40. The van der Waals surface area contributed by atoms with Crippen LogP contribution in [-0.4, -0.2) is 30.2 Å². The van der Waals surface area contributed by atoms with Gasteiger partial charge in [-0.3, -0.25) is 4.79 Å².